The maximum atomic E-state index is 12.8. The Bertz CT molecular complexity index is 2020. The van der Waals surface area contributed by atoms with Crippen LogP contribution in [0.15, 0.2) is 96.6 Å². The molecule has 218 valence electrons. The maximum Gasteiger partial charge on any atom is 0.228 e. The van der Waals surface area contributed by atoms with E-state index in [0.29, 0.717) is 28.8 Å². The molecule has 7 rings (SSSR count). The first-order valence-corrected chi connectivity index (χ1v) is 15.4. The van der Waals surface area contributed by atoms with Crippen LogP contribution in [0.3, 0.4) is 0 Å². The molecule has 0 saturated carbocycles. The van der Waals surface area contributed by atoms with Crippen molar-refractivity contribution in [1.82, 2.24) is 19.4 Å². The number of imidazole rings is 1. The van der Waals surface area contributed by atoms with Crippen LogP contribution in [0.2, 0.25) is 5.02 Å². The van der Waals surface area contributed by atoms with Crippen LogP contribution in [0.4, 0.5) is 23.0 Å². The fraction of sp³-hybridized carbons (Fsp3) is 0.121. The summed E-state index contributed by atoms with van der Waals surface area (Å²) >= 11 is 7.78. The zero-order valence-corrected chi connectivity index (χ0v) is 25.0. The van der Waals surface area contributed by atoms with Gasteiger partial charge in [-0.15, -0.1) is 11.3 Å². The van der Waals surface area contributed by atoms with Crippen molar-refractivity contribution < 1.29 is 9.59 Å². The average Bonchev–Trinajstić information content (AvgIpc) is 3.75. The first-order chi connectivity index (χ1) is 21.5. The van der Waals surface area contributed by atoms with E-state index in [9.17, 15) is 9.59 Å². The normalized spacial score (nSPS) is 13.0. The number of rotatable bonds is 8. The molecule has 2 N–H and O–H groups in total. The maximum absolute atomic E-state index is 12.8. The summed E-state index contributed by atoms with van der Waals surface area (Å²) in [7, 11) is 0. The van der Waals surface area contributed by atoms with Crippen LogP contribution in [-0.4, -0.2) is 37.7 Å². The SMILES string of the molecule is O=C(Cc1ccccc1Cl)Nc1cccc(-c2nc3sccn3c2-c2ccnc(Nc3cccc(N4CCCC4=O)c3)n2)c1. The monoisotopic (exact) mass is 619 g/mol. The third-order valence-corrected chi connectivity index (χ3v) is 8.50. The van der Waals surface area contributed by atoms with Crippen LogP contribution >= 0.6 is 22.9 Å². The van der Waals surface area contributed by atoms with Crippen molar-refractivity contribution in [3.05, 3.63) is 107 Å². The number of nitrogens with zero attached hydrogens (tertiary/aromatic N) is 5. The van der Waals surface area contributed by atoms with E-state index < -0.39 is 0 Å². The summed E-state index contributed by atoms with van der Waals surface area (Å²) in [6, 6.07) is 24.5. The second kappa shape index (κ2) is 11.9. The lowest BCUT2D eigenvalue weighted by molar-refractivity contribution is -0.117. The number of benzene rings is 3. The molecule has 0 spiro atoms. The van der Waals surface area contributed by atoms with Crippen molar-refractivity contribution in [1.29, 1.82) is 0 Å². The van der Waals surface area contributed by atoms with E-state index in [1.807, 2.05) is 93.7 Å². The summed E-state index contributed by atoms with van der Waals surface area (Å²) in [6.07, 6.45) is 5.28. The van der Waals surface area contributed by atoms with Gasteiger partial charge in [0, 0.05) is 58.4 Å². The van der Waals surface area contributed by atoms with Gasteiger partial charge in [-0.1, -0.05) is 48.0 Å². The van der Waals surface area contributed by atoms with Crippen LogP contribution in [0.1, 0.15) is 18.4 Å². The van der Waals surface area contributed by atoms with E-state index in [1.165, 1.54) is 11.3 Å². The predicted octanol–water partition coefficient (Wildman–Crippen LogP) is 7.22. The molecule has 1 fully saturated rings. The quantitative estimate of drug-likeness (QED) is 0.186. The number of hydrogen-bond acceptors (Lipinski definition) is 7. The van der Waals surface area contributed by atoms with Crippen molar-refractivity contribution in [2.75, 3.05) is 22.1 Å². The summed E-state index contributed by atoms with van der Waals surface area (Å²) in [5.74, 6) is 0.396. The predicted molar refractivity (Wildman–Crippen MR) is 175 cm³/mol. The zero-order valence-electron chi connectivity index (χ0n) is 23.4. The molecule has 9 nitrogen and oxygen atoms in total. The molecule has 1 saturated heterocycles. The lowest BCUT2D eigenvalue weighted by Crippen LogP contribution is -2.23. The minimum Gasteiger partial charge on any atom is -0.326 e. The second-order valence-electron chi connectivity index (χ2n) is 10.4. The van der Waals surface area contributed by atoms with Gasteiger partial charge in [0.2, 0.25) is 17.8 Å². The molecular formula is C33H26ClN7O2S. The number of fused-ring (bicyclic) bond motifs is 1. The first-order valence-electron chi connectivity index (χ1n) is 14.1. The minimum absolute atomic E-state index is 0.137. The highest BCUT2D eigenvalue weighted by molar-refractivity contribution is 7.15. The van der Waals surface area contributed by atoms with Crippen molar-refractivity contribution in [2.45, 2.75) is 19.3 Å². The molecule has 44 heavy (non-hydrogen) atoms. The number of hydrogen-bond donors (Lipinski definition) is 2. The van der Waals surface area contributed by atoms with Gasteiger partial charge in [-0.2, -0.15) is 0 Å². The molecule has 3 aromatic heterocycles. The summed E-state index contributed by atoms with van der Waals surface area (Å²) in [5.41, 5.74) is 6.12. The zero-order chi connectivity index (χ0) is 30.0. The Morgan fingerprint density at radius 3 is 2.70 bits per heavy atom. The Labute approximate surface area is 262 Å². The van der Waals surface area contributed by atoms with E-state index in [1.54, 1.807) is 12.3 Å². The van der Waals surface area contributed by atoms with Crippen molar-refractivity contribution >= 4 is 62.7 Å². The van der Waals surface area contributed by atoms with E-state index in [2.05, 4.69) is 15.6 Å². The molecule has 4 heterocycles. The number of thiazole rings is 1. The molecule has 0 radical (unpaired) electrons. The summed E-state index contributed by atoms with van der Waals surface area (Å²) in [5, 5.41) is 8.83. The van der Waals surface area contributed by atoms with E-state index in [4.69, 9.17) is 21.6 Å². The topological polar surface area (TPSA) is 105 Å². The summed E-state index contributed by atoms with van der Waals surface area (Å²) < 4.78 is 2.01. The number of halogens is 1. The summed E-state index contributed by atoms with van der Waals surface area (Å²) in [6.45, 7) is 0.723. The van der Waals surface area contributed by atoms with Gasteiger partial charge in [0.1, 0.15) is 5.69 Å². The third-order valence-electron chi connectivity index (χ3n) is 7.38. The van der Waals surface area contributed by atoms with E-state index in [0.717, 1.165) is 51.8 Å². The molecule has 1 aliphatic heterocycles. The molecule has 6 aromatic rings. The van der Waals surface area contributed by atoms with Crippen LogP contribution in [0.25, 0.3) is 27.6 Å². The highest BCUT2D eigenvalue weighted by Gasteiger charge is 2.22. The van der Waals surface area contributed by atoms with Gasteiger partial charge in [-0.3, -0.25) is 14.0 Å². The smallest absolute Gasteiger partial charge is 0.228 e. The Morgan fingerprint density at radius 2 is 1.84 bits per heavy atom. The average molecular weight is 620 g/mol. The Kier molecular flexibility index (Phi) is 7.51. The van der Waals surface area contributed by atoms with Crippen molar-refractivity contribution in [2.24, 2.45) is 0 Å². The molecule has 1 aliphatic rings. The first kappa shape index (κ1) is 27.8. The highest BCUT2D eigenvalue weighted by atomic mass is 35.5. The van der Waals surface area contributed by atoms with Gasteiger partial charge < -0.3 is 15.5 Å². The summed E-state index contributed by atoms with van der Waals surface area (Å²) in [4.78, 5) is 42.0. The van der Waals surface area contributed by atoms with Gasteiger partial charge >= 0.3 is 0 Å². The molecule has 0 bridgehead atoms. The molecule has 3 aromatic carbocycles. The largest absolute Gasteiger partial charge is 0.326 e. The standard InChI is InChI=1S/C33H26ClN7O2S/c34-26-11-2-1-6-21(26)19-28(42)36-23-8-3-7-22(18-23)30-31(41-16-17-44-33(41)39-30)27-13-14-35-32(38-27)37-24-9-4-10-25(20-24)40-15-5-12-29(40)43/h1-4,6-11,13-14,16-18,20H,5,12,15,19H2,(H,36,42)(H,35,37,38). The lowest BCUT2D eigenvalue weighted by Gasteiger charge is -2.16. The van der Waals surface area contributed by atoms with Gasteiger partial charge in [0.15, 0.2) is 4.96 Å². The number of amides is 2. The van der Waals surface area contributed by atoms with Gasteiger partial charge in [-0.25, -0.2) is 15.0 Å². The van der Waals surface area contributed by atoms with Gasteiger partial charge in [0.25, 0.3) is 0 Å². The van der Waals surface area contributed by atoms with E-state index in [-0.39, 0.29) is 18.2 Å². The third kappa shape index (κ3) is 5.64. The minimum atomic E-state index is -0.161. The van der Waals surface area contributed by atoms with Crippen molar-refractivity contribution in [3.63, 3.8) is 0 Å². The molecule has 2 amide bonds. The molecule has 0 unspecified atom stereocenters. The van der Waals surface area contributed by atoms with Crippen molar-refractivity contribution in [3.8, 4) is 22.6 Å². The molecule has 0 atom stereocenters. The van der Waals surface area contributed by atoms with Crippen LogP contribution in [0, 0.1) is 0 Å². The number of nitrogens with one attached hydrogen (secondary N) is 2. The Balaban J connectivity index is 1.17. The molecule has 0 aliphatic carbocycles. The lowest BCUT2D eigenvalue weighted by atomic mass is 10.1. The Morgan fingerprint density at radius 1 is 0.977 bits per heavy atom. The van der Waals surface area contributed by atoms with Crippen LogP contribution in [-0.2, 0) is 16.0 Å². The number of aromatic nitrogens is 4. The molecular weight excluding hydrogens is 594 g/mol. The fourth-order valence-corrected chi connectivity index (χ4v) is 6.27. The van der Waals surface area contributed by atoms with E-state index >= 15 is 0 Å². The van der Waals surface area contributed by atoms with Crippen LogP contribution < -0.4 is 15.5 Å². The Hall–Kier alpha value is -5.06. The number of anilines is 4. The highest BCUT2D eigenvalue weighted by Crippen LogP contribution is 2.35. The fourth-order valence-electron chi connectivity index (χ4n) is 5.35. The van der Waals surface area contributed by atoms with Crippen LogP contribution in [0.5, 0.6) is 0 Å². The second-order valence-corrected chi connectivity index (χ2v) is 11.6. The number of carbonyl (C=O) groups excluding carboxylic acids is 2. The van der Waals surface area contributed by atoms with Gasteiger partial charge in [0.05, 0.1) is 17.8 Å². The number of carbonyl (C=O) groups is 2. The molecule has 11 heteroatoms. The van der Waals surface area contributed by atoms with Gasteiger partial charge in [-0.05, 0) is 54.4 Å².